The van der Waals surface area contributed by atoms with Gasteiger partial charge in [-0.3, -0.25) is 0 Å². The number of hydrogen-bond donors (Lipinski definition) is 2. The van der Waals surface area contributed by atoms with Gasteiger partial charge in [-0.1, -0.05) is 6.07 Å². The van der Waals surface area contributed by atoms with Crippen LogP contribution < -0.4 is 20.1 Å². The average molecular weight is 259 g/mol. The first-order valence-corrected chi connectivity index (χ1v) is 5.90. The molecule has 2 N–H and O–H groups in total. The Balaban J connectivity index is 2.26. The van der Waals surface area contributed by atoms with Crippen LogP contribution in [0.5, 0.6) is 11.5 Å². The first-order chi connectivity index (χ1) is 9.26. The SMILES string of the molecule is CNc1cccc(Nc2ccc(OC)cc2OC)n1. The highest BCUT2D eigenvalue weighted by Gasteiger charge is 2.06. The molecule has 0 aliphatic heterocycles. The third-order valence-corrected chi connectivity index (χ3v) is 2.68. The van der Waals surface area contributed by atoms with Crippen LogP contribution in [-0.4, -0.2) is 26.3 Å². The summed E-state index contributed by atoms with van der Waals surface area (Å²) >= 11 is 0. The summed E-state index contributed by atoms with van der Waals surface area (Å²) in [5.41, 5.74) is 0.837. The number of anilines is 3. The van der Waals surface area contributed by atoms with Crippen molar-refractivity contribution in [3.05, 3.63) is 36.4 Å². The zero-order chi connectivity index (χ0) is 13.7. The van der Waals surface area contributed by atoms with Crippen molar-refractivity contribution in [3.63, 3.8) is 0 Å². The van der Waals surface area contributed by atoms with Crippen LogP contribution in [0.25, 0.3) is 0 Å². The van der Waals surface area contributed by atoms with Crippen LogP contribution in [0.15, 0.2) is 36.4 Å². The summed E-state index contributed by atoms with van der Waals surface area (Å²) < 4.78 is 10.5. The van der Waals surface area contributed by atoms with Crippen molar-refractivity contribution in [1.29, 1.82) is 0 Å². The molecule has 1 heterocycles. The van der Waals surface area contributed by atoms with Crippen LogP contribution >= 0.6 is 0 Å². The lowest BCUT2D eigenvalue weighted by Crippen LogP contribution is -1.99. The number of pyridine rings is 1. The fourth-order valence-corrected chi connectivity index (χ4v) is 1.68. The lowest BCUT2D eigenvalue weighted by atomic mass is 10.2. The van der Waals surface area contributed by atoms with E-state index in [4.69, 9.17) is 9.47 Å². The lowest BCUT2D eigenvalue weighted by molar-refractivity contribution is 0.395. The van der Waals surface area contributed by atoms with Crippen molar-refractivity contribution in [3.8, 4) is 11.5 Å². The molecule has 0 amide bonds. The third-order valence-electron chi connectivity index (χ3n) is 2.68. The summed E-state index contributed by atoms with van der Waals surface area (Å²) in [7, 11) is 5.08. The van der Waals surface area contributed by atoms with Crippen LogP contribution in [-0.2, 0) is 0 Å². The second-order valence-electron chi connectivity index (χ2n) is 3.85. The molecule has 0 saturated heterocycles. The highest BCUT2D eigenvalue weighted by Crippen LogP contribution is 2.31. The number of ether oxygens (including phenoxy) is 2. The van der Waals surface area contributed by atoms with Gasteiger partial charge in [0.1, 0.15) is 23.1 Å². The molecule has 2 aromatic rings. The smallest absolute Gasteiger partial charge is 0.146 e. The molecule has 1 aromatic carbocycles. The molecule has 1 aromatic heterocycles. The van der Waals surface area contributed by atoms with Gasteiger partial charge in [0.15, 0.2) is 0 Å². The zero-order valence-corrected chi connectivity index (χ0v) is 11.2. The number of benzene rings is 1. The van der Waals surface area contributed by atoms with E-state index in [0.717, 1.165) is 23.1 Å². The minimum absolute atomic E-state index is 0.705. The van der Waals surface area contributed by atoms with E-state index in [-0.39, 0.29) is 0 Å². The second-order valence-corrected chi connectivity index (χ2v) is 3.85. The van der Waals surface area contributed by atoms with E-state index in [9.17, 15) is 0 Å². The summed E-state index contributed by atoms with van der Waals surface area (Å²) in [6.45, 7) is 0. The van der Waals surface area contributed by atoms with Gasteiger partial charge in [0.2, 0.25) is 0 Å². The van der Waals surface area contributed by atoms with Crippen LogP contribution in [0.1, 0.15) is 0 Å². The normalized spacial score (nSPS) is 9.84. The van der Waals surface area contributed by atoms with Gasteiger partial charge in [0, 0.05) is 13.1 Å². The molecule has 0 bridgehead atoms. The molecule has 5 heteroatoms. The first kappa shape index (κ1) is 13.0. The standard InChI is InChI=1S/C14H17N3O2/c1-15-13-5-4-6-14(17-13)16-11-8-7-10(18-2)9-12(11)19-3/h4-9H,1-3H3,(H2,15,16,17). The maximum absolute atomic E-state index is 5.33. The Labute approximate surface area is 112 Å². The van der Waals surface area contributed by atoms with Gasteiger partial charge in [0.25, 0.3) is 0 Å². The van der Waals surface area contributed by atoms with E-state index in [2.05, 4.69) is 15.6 Å². The summed E-state index contributed by atoms with van der Waals surface area (Å²) in [6.07, 6.45) is 0. The Bertz CT molecular complexity index is 558. The molecule has 0 aliphatic carbocycles. The average Bonchev–Trinajstić information content (AvgIpc) is 2.48. The molecule has 0 atom stereocenters. The first-order valence-electron chi connectivity index (χ1n) is 5.90. The van der Waals surface area contributed by atoms with Crippen molar-refractivity contribution < 1.29 is 9.47 Å². The Morgan fingerprint density at radius 1 is 1.00 bits per heavy atom. The molecular formula is C14H17N3O2. The van der Waals surface area contributed by atoms with Crippen molar-refractivity contribution in [2.75, 3.05) is 31.9 Å². The zero-order valence-electron chi connectivity index (χ0n) is 11.2. The molecule has 100 valence electrons. The van der Waals surface area contributed by atoms with E-state index in [1.165, 1.54) is 0 Å². The largest absolute Gasteiger partial charge is 0.497 e. The number of hydrogen-bond acceptors (Lipinski definition) is 5. The minimum atomic E-state index is 0.705. The van der Waals surface area contributed by atoms with Crippen molar-refractivity contribution in [2.24, 2.45) is 0 Å². The Hall–Kier alpha value is -2.43. The summed E-state index contributed by atoms with van der Waals surface area (Å²) in [6, 6.07) is 11.3. The number of nitrogens with one attached hydrogen (secondary N) is 2. The van der Waals surface area contributed by atoms with Gasteiger partial charge in [-0.2, -0.15) is 0 Å². The summed E-state index contributed by atoms with van der Waals surface area (Å²) in [5.74, 6) is 3.00. The number of methoxy groups -OCH3 is 2. The monoisotopic (exact) mass is 259 g/mol. The van der Waals surface area contributed by atoms with Gasteiger partial charge in [-0.15, -0.1) is 0 Å². The van der Waals surface area contributed by atoms with Crippen molar-refractivity contribution in [2.45, 2.75) is 0 Å². The van der Waals surface area contributed by atoms with E-state index in [1.54, 1.807) is 14.2 Å². The van der Waals surface area contributed by atoms with E-state index >= 15 is 0 Å². The van der Waals surface area contributed by atoms with Crippen LogP contribution in [0.3, 0.4) is 0 Å². The molecule has 5 nitrogen and oxygen atoms in total. The predicted molar refractivity (Wildman–Crippen MR) is 76.6 cm³/mol. The third kappa shape index (κ3) is 3.07. The lowest BCUT2D eigenvalue weighted by Gasteiger charge is -2.12. The van der Waals surface area contributed by atoms with Crippen LogP contribution in [0.2, 0.25) is 0 Å². The highest BCUT2D eigenvalue weighted by atomic mass is 16.5. The number of aromatic nitrogens is 1. The molecular weight excluding hydrogens is 242 g/mol. The molecule has 0 unspecified atom stereocenters. The van der Waals surface area contributed by atoms with Crippen LogP contribution in [0.4, 0.5) is 17.3 Å². The fourth-order valence-electron chi connectivity index (χ4n) is 1.68. The Morgan fingerprint density at radius 2 is 1.79 bits per heavy atom. The molecule has 0 radical (unpaired) electrons. The maximum atomic E-state index is 5.33. The molecule has 0 fully saturated rings. The molecule has 0 aliphatic rings. The predicted octanol–water partition coefficient (Wildman–Crippen LogP) is 2.88. The quantitative estimate of drug-likeness (QED) is 0.864. The van der Waals surface area contributed by atoms with Gasteiger partial charge < -0.3 is 20.1 Å². The Kier molecular flexibility index (Phi) is 4.07. The molecule has 0 saturated carbocycles. The Morgan fingerprint density at radius 3 is 2.47 bits per heavy atom. The van der Waals surface area contributed by atoms with Crippen molar-refractivity contribution >= 4 is 17.3 Å². The summed E-state index contributed by atoms with van der Waals surface area (Å²) in [4.78, 5) is 4.40. The van der Waals surface area contributed by atoms with Gasteiger partial charge in [0.05, 0.1) is 19.9 Å². The topological polar surface area (TPSA) is 55.4 Å². The van der Waals surface area contributed by atoms with E-state index in [0.29, 0.717) is 5.75 Å². The number of nitrogens with zero attached hydrogens (tertiary/aromatic N) is 1. The van der Waals surface area contributed by atoms with Gasteiger partial charge in [-0.25, -0.2) is 4.98 Å². The number of rotatable bonds is 5. The molecule has 2 rings (SSSR count). The summed E-state index contributed by atoms with van der Waals surface area (Å²) in [5, 5.41) is 6.22. The van der Waals surface area contributed by atoms with Crippen LogP contribution in [0, 0.1) is 0 Å². The highest BCUT2D eigenvalue weighted by molar-refractivity contribution is 5.66. The maximum Gasteiger partial charge on any atom is 0.146 e. The second kappa shape index (κ2) is 5.95. The van der Waals surface area contributed by atoms with E-state index in [1.807, 2.05) is 43.4 Å². The minimum Gasteiger partial charge on any atom is -0.497 e. The van der Waals surface area contributed by atoms with Crippen molar-refractivity contribution in [1.82, 2.24) is 4.98 Å². The van der Waals surface area contributed by atoms with Gasteiger partial charge in [-0.05, 0) is 24.3 Å². The van der Waals surface area contributed by atoms with Gasteiger partial charge >= 0.3 is 0 Å². The molecule has 0 spiro atoms. The fraction of sp³-hybridized carbons (Fsp3) is 0.214. The molecule has 19 heavy (non-hydrogen) atoms. The van der Waals surface area contributed by atoms with E-state index < -0.39 is 0 Å².